The summed E-state index contributed by atoms with van der Waals surface area (Å²) in [5.41, 5.74) is 8.24. The minimum atomic E-state index is -0.0229. The first kappa shape index (κ1) is 11.8. The van der Waals surface area contributed by atoms with E-state index in [1.165, 1.54) is 0 Å². The number of rotatable bonds is 5. The Bertz CT molecular complexity index is 333. The summed E-state index contributed by atoms with van der Waals surface area (Å²) in [6, 6.07) is 7.89. The summed E-state index contributed by atoms with van der Waals surface area (Å²) in [5, 5.41) is 0. The van der Waals surface area contributed by atoms with Gasteiger partial charge in [-0.2, -0.15) is 0 Å². The van der Waals surface area contributed by atoms with E-state index in [2.05, 4.69) is 6.58 Å². The van der Waals surface area contributed by atoms with Crippen LogP contribution < -0.4 is 10.5 Å². The Balaban J connectivity index is 2.86. The van der Waals surface area contributed by atoms with E-state index in [0.29, 0.717) is 6.61 Å². The molecule has 0 aliphatic carbocycles. The highest BCUT2D eigenvalue weighted by atomic mass is 16.5. The molecule has 0 saturated carbocycles. The van der Waals surface area contributed by atoms with Crippen LogP contribution in [-0.2, 0) is 0 Å². The van der Waals surface area contributed by atoms with Gasteiger partial charge in [-0.15, -0.1) is 6.58 Å². The fourth-order valence-corrected chi connectivity index (χ4v) is 1.56. The number of nitrogens with two attached hydrogens (primary N) is 1. The molecule has 2 N–H and O–H groups in total. The summed E-state index contributed by atoms with van der Waals surface area (Å²) in [6.07, 6.45) is 0.796. The molecule has 0 spiro atoms. The van der Waals surface area contributed by atoms with E-state index in [1.807, 2.05) is 38.1 Å². The summed E-state index contributed by atoms with van der Waals surface area (Å²) >= 11 is 0. The molecular formula is C13H19NO. The minimum absolute atomic E-state index is 0.0229. The Kier molecular flexibility index (Phi) is 4.37. The van der Waals surface area contributed by atoms with E-state index in [-0.39, 0.29) is 6.04 Å². The normalized spacial score (nSPS) is 12.2. The standard InChI is InChI=1S/C13H19NO/c1-4-15-13-8-6-5-7-11(13)12(14)9-10(2)3/h5-8,12H,2,4,9,14H2,1,3H3/t12-/m1/s1. The maximum absolute atomic E-state index is 6.09. The predicted octanol–water partition coefficient (Wildman–Crippen LogP) is 3.05. The largest absolute Gasteiger partial charge is 0.494 e. The first-order valence-corrected chi connectivity index (χ1v) is 5.26. The smallest absolute Gasteiger partial charge is 0.124 e. The third-order valence-corrected chi connectivity index (χ3v) is 2.19. The highest BCUT2D eigenvalue weighted by Gasteiger charge is 2.11. The topological polar surface area (TPSA) is 35.2 Å². The van der Waals surface area contributed by atoms with Gasteiger partial charge in [-0.05, 0) is 26.3 Å². The first-order chi connectivity index (χ1) is 7.15. The van der Waals surface area contributed by atoms with Gasteiger partial charge in [0.1, 0.15) is 5.75 Å². The van der Waals surface area contributed by atoms with E-state index in [0.717, 1.165) is 23.3 Å². The molecule has 0 amide bonds. The summed E-state index contributed by atoms with van der Waals surface area (Å²) in [5.74, 6) is 0.883. The van der Waals surface area contributed by atoms with Gasteiger partial charge >= 0.3 is 0 Å². The van der Waals surface area contributed by atoms with Gasteiger partial charge in [-0.1, -0.05) is 23.8 Å². The van der Waals surface area contributed by atoms with Gasteiger partial charge in [0.25, 0.3) is 0 Å². The molecule has 0 heterocycles. The Morgan fingerprint density at radius 1 is 1.47 bits per heavy atom. The van der Waals surface area contributed by atoms with Crippen molar-refractivity contribution in [2.45, 2.75) is 26.3 Å². The van der Waals surface area contributed by atoms with Crippen LogP contribution in [0.5, 0.6) is 5.75 Å². The minimum Gasteiger partial charge on any atom is -0.494 e. The Morgan fingerprint density at radius 2 is 2.13 bits per heavy atom. The zero-order valence-electron chi connectivity index (χ0n) is 9.49. The van der Waals surface area contributed by atoms with Gasteiger partial charge in [-0.25, -0.2) is 0 Å². The van der Waals surface area contributed by atoms with Crippen molar-refractivity contribution in [3.05, 3.63) is 42.0 Å². The second-order valence-corrected chi connectivity index (χ2v) is 3.74. The lowest BCUT2D eigenvalue weighted by molar-refractivity contribution is 0.334. The first-order valence-electron chi connectivity index (χ1n) is 5.26. The van der Waals surface area contributed by atoms with Crippen molar-refractivity contribution in [1.82, 2.24) is 0 Å². The van der Waals surface area contributed by atoms with Crippen molar-refractivity contribution in [3.63, 3.8) is 0 Å². The molecular weight excluding hydrogens is 186 g/mol. The molecule has 0 aliphatic heterocycles. The number of ether oxygens (including phenoxy) is 1. The van der Waals surface area contributed by atoms with Crippen LogP contribution in [0.25, 0.3) is 0 Å². The van der Waals surface area contributed by atoms with Gasteiger partial charge in [0.15, 0.2) is 0 Å². The molecule has 0 saturated heterocycles. The van der Waals surface area contributed by atoms with Crippen LogP contribution in [0.2, 0.25) is 0 Å². The van der Waals surface area contributed by atoms with Gasteiger partial charge in [-0.3, -0.25) is 0 Å². The molecule has 0 radical (unpaired) electrons. The van der Waals surface area contributed by atoms with E-state index >= 15 is 0 Å². The average molecular weight is 205 g/mol. The molecule has 0 aliphatic rings. The van der Waals surface area contributed by atoms with Crippen LogP contribution in [0.15, 0.2) is 36.4 Å². The number of benzene rings is 1. The van der Waals surface area contributed by atoms with Crippen molar-refractivity contribution in [2.75, 3.05) is 6.61 Å². The molecule has 0 fully saturated rings. The highest BCUT2D eigenvalue weighted by molar-refractivity contribution is 5.36. The summed E-state index contributed by atoms with van der Waals surface area (Å²) < 4.78 is 5.53. The number of para-hydroxylation sites is 1. The molecule has 0 bridgehead atoms. The predicted molar refractivity (Wildman–Crippen MR) is 64.0 cm³/mol. The van der Waals surface area contributed by atoms with E-state index < -0.39 is 0 Å². The summed E-state index contributed by atoms with van der Waals surface area (Å²) in [7, 11) is 0. The Hall–Kier alpha value is -1.28. The van der Waals surface area contributed by atoms with E-state index in [4.69, 9.17) is 10.5 Å². The number of hydrogen-bond acceptors (Lipinski definition) is 2. The van der Waals surface area contributed by atoms with Crippen LogP contribution >= 0.6 is 0 Å². The average Bonchev–Trinajstić information content (AvgIpc) is 2.18. The van der Waals surface area contributed by atoms with Crippen LogP contribution in [0.1, 0.15) is 31.9 Å². The van der Waals surface area contributed by atoms with Crippen LogP contribution in [0.4, 0.5) is 0 Å². The Labute approximate surface area is 91.7 Å². The summed E-state index contributed by atoms with van der Waals surface area (Å²) in [4.78, 5) is 0. The third kappa shape index (κ3) is 3.40. The van der Waals surface area contributed by atoms with Gasteiger partial charge in [0.05, 0.1) is 6.61 Å². The second-order valence-electron chi connectivity index (χ2n) is 3.74. The van der Waals surface area contributed by atoms with E-state index in [9.17, 15) is 0 Å². The Morgan fingerprint density at radius 3 is 2.73 bits per heavy atom. The molecule has 1 rings (SSSR count). The third-order valence-electron chi connectivity index (χ3n) is 2.19. The maximum atomic E-state index is 6.09. The fraction of sp³-hybridized carbons (Fsp3) is 0.385. The zero-order valence-corrected chi connectivity index (χ0v) is 9.49. The number of hydrogen-bond donors (Lipinski definition) is 1. The van der Waals surface area contributed by atoms with Crippen molar-refractivity contribution in [3.8, 4) is 5.75 Å². The second kappa shape index (κ2) is 5.56. The molecule has 2 heteroatoms. The van der Waals surface area contributed by atoms with Gasteiger partial charge in [0.2, 0.25) is 0 Å². The van der Waals surface area contributed by atoms with Crippen LogP contribution in [0.3, 0.4) is 0 Å². The molecule has 1 aromatic carbocycles. The van der Waals surface area contributed by atoms with Crippen molar-refractivity contribution < 1.29 is 4.74 Å². The van der Waals surface area contributed by atoms with Crippen LogP contribution in [0, 0.1) is 0 Å². The molecule has 82 valence electrons. The lowest BCUT2D eigenvalue weighted by Gasteiger charge is -2.16. The molecule has 1 aromatic rings. The summed E-state index contributed by atoms with van der Waals surface area (Å²) in [6.45, 7) is 8.50. The fourth-order valence-electron chi connectivity index (χ4n) is 1.56. The monoisotopic (exact) mass is 205 g/mol. The highest BCUT2D eigenvalue weighted by Crippen LogP contribution is 2.26. The maximum Gasteiger partial charge on any atom is 0.124 e. The lowest BCUT2D eigenvalue weighted by Crippen LogP contribution is -2.12. The molecule has 2 nitrogen and oxygen atoms in total. The molecule has 15 heavy (non-hydrogen) atoms. The van der Waals surface area contributed by atoms with Crippen molar-refractivity contribution >= 4 is 0 Å². The molecule has 1 atom stereocenters. The van der Waals surface area contributed by atoms with Crippen molar-refractivity contribution in [1.29, 1.82) is 0 Å². The van der Waals surface area contributed by atoms with Crippen LogP contribution in [-0.4, -0.2) is 6.61 Å². The van der Waals surface area contributed by atoms with Gasteiger partial charge < -0.3 is 10.5 Å². The SMILES string of the molecule is C=C(C)C[C@@H](N)c1ccccc1OCC. The molecule has 0 aromatic heterocycles. The van der Waals surface area contributed by atoms with Gasteiger partial charge in [0, 0.05) is 11.6 Å². The van der Waals surface area contributed by atoms with E-state index in [1.54, 1.807) is 0 Å². The molecule has 0 unspecified atom stereocenters. The van der Waals surface area contributed by atoms with Crippen molar-refractivity contribution in [2.24, 2.45) is 5.73 Å². The zero-order chi connectivity index (χ0) is 11.3. The lowest BCUT2D eigenvalue weighted by atomic mass is 10.0. The quantitative estimate of drug-likeness (QED) is 0.750.